The molecule has 0 bridgehead atoms. The zero-order chi connectivity index (χ0) is 17.3. The molecule has 2 heterocycles. The van der Waals surface area contributed by atoms with Gasteiger partial charge in [-0.2, -0.15) is 5.26 Å². The lowest BCUT2D eigenvalue weighted by atomic mass is 10.1. The number of fused-ring (bicyclic) bond motifs is 1. The fourth-order valence-electron chi connectivity index (χ4n) is 2.72. The maximum atomic E-state index is 11.8. The summed E-state index contributed by atoms with van der Waals surface area (Å²) in [7, 11) is -1.51. The van der Waals surface area contributed by atoms with Gasteiger partial charge in [0.2, 0.25) is 10.0 Å². The average Bonchev–Trinajstić information content (AvgIpc) is 2.87. The molecule has 0 aliphatic heterocycles. The lowest BCUT2D eigenvalue weighted by Gasteiger charge is -2.09. The molecule has 0 unspecified atom stereocenters. The third kappa shape index (κ3) is 2.72. The number of aromatic nitrogens is 2. The monoisotopic (exact) mass is 340 g/mol. The first kappa shape index (κ1) is 16.0. The Morgan fingerprint density at radius 3 is 2.75 bits per heavy atom. The Hall–Kier alpha value is -2.85. The highest BCUT2D eigenvalue weighted by Gasteiger charge is 2.17. The second-order valence-corrected chi connectivity index (χ2v) is 7.39. The van der Waals surface area contributed by atoms with Crippen LogP contribution < -0.4 is 4.72 Å². The maximum absolute atomic E-state index is 11.8. The highest BCUT2D eigenvalue weighted by molar-refractivity contribution is 7.92. The Bertz CT molecular complexity index is 1060. The second kappa shape index (κ2) is 5.98. The Kier molecular flexibility index (Phi) is 3.99. The topological polar surface area (TPSA) is 87.8 Å². The first-order valence-electron chi connectivity index (χ1n) is 7.40. The van der Waals surface area contributed by atoms with Crippen molar-refractivity contribution in [3.8, 4) is 17.3 Å². The summed E-state index contributed by atoms with van der Waals surface area (Å²) in [4.78, 5) is 4.12. The van der Waals surface area contributed by atoms with Crippen LogP contribution in [0.5, 0.6) is 0 Å². The fraction of sp³-hybridized carbons (Fsp3) is 0.176. The molecule has 0 atom stereocenters. The summed E-state index contributed by atoms with van der Waals surface area (Å²) >= 11 is 0. The quantitative estimate of drug-likeness (QED) is 0.791. The number of sulfonamides is 1. The number of nitrogens with one attached hydrogen (secondary N) is 1. The highest BCUT2D eigenvalue weighted by atomic mass is 32.2. The molecule has 0 aliphatic carbocycles. The van der Waals surface area contributed by atoms with E-state index in [9.17, 15) is 13.7 Å². The van der Waals surface area contributed by atoms with Crippen LogP contribution in [0.3, 0.4) is 0 Å². The van der Waals surface area contributed by atoms with E-state index in [-0.39, 0.29) is 5.75 Å². The molecule has 0 aliphatic rings. The van der Waals surface area contributed by atoms with Crippen LogP contribution in [-0.2, 0) is 17.1 Å². The van der Waals surface area contributed by atoms with E-state index in [2.05, 4.69) is 15.8 Å². The van der Waals surface area contributed by atoms with Crippen molar-refractivity contribution in [1.29, 1.82) is 5.26 Å². The number of anilines is 1. The maximum Gasteiger partial charge on any atom is 0.232 e. The first-order chi connectivity index (χ1) is 11.5. The number of hydrogen-bond acceptors (Lipinski definition) is 4. The minimum atomic E-state index is -3.38. The Balaban J connectivity index is 2.19. The number of aryl methyl sites for hydroxylation is 1. The highest BCUT2D eigenvalue weighted by Crippen LogP contribution is 2.33. The molecule has 3 aromatic rings. The third-order valence-electron chi connectivity index (χ3n) is 3.88. The lowest BCUT2D eigenvalue weighted by Crippen LogP contribution is -2.14. The van der Waals surface area contributed by atoms with Crippen molar-refractivity contribution in [2.45, 2.75) is 6.92 Å². The molecule has 122 valence electrons. The lowest BCUT2D eigenvalue weighted by molar-refractivity contribution is 0.602. The standard InChI is InChI=1S/C17H16N4O2S/c1-3-24(22,23)20-13-8-12(10-19-11-13)17-15(9-18)14-6-4-5-7-16(14)21(17)2/h4-8,10-11,20H,3H2,1-2H3. The predicted octanol–water partition coefficient (Wildman–Crippen LogP) is 2.87. The summed E-state index contributed by atoms with van der Waals surface area (Å²) in [6.07, 6.45) is 3.07. The number of pyridine rings is 1. The van der Waals surface area contributed by atoms with Crippen molar-refractivity contribution in [2.75, 3.05) is 10.5 Å². The summed E-state index contributed by atoms with van der Waals surface area (Å²) in [5.41, 5.74) is 3.25. The molecule has 0 saturated heterocycles. The molecule has 0 radical (unpaired) electrons. The van der Waals surface area contributed by atoms with Crippen LogP contribution in [0, 0.1) is 11.3 Å². The molecule has 7 heteroatoms. The summed E-state index contributed by atoms with van der Waals surface area (Å²) < 4.78 is 27.9. The van der Waals surface area contributed by atoms with Crippen LogP contribution in [0.25, 0.3) is 22.2 Å². The largest absolute Gasteiger partial charge is 0.342 e. The van der Waals surface area contributed by atoms with E-state index in [1.807, 2.05) is 35.9 Å². The van der Waals surface area contributed by atoms with Gasteiger partial charge in [0, 0.05) is 29.7 Å². The zero-order valence-electron chi connectivity index (χ0n) is 13.3. The SMILES string of the molecule is CCS(=O)(=O)Nc1cncc(-c2c(C#N)c3ccccc3n2C)c1. The molecule has 0 spiro atoms. The summed E-state index contributed by atoms with van der Waals surface area (Å²) in [5.74, 6) is -0.0191. The van der Waals surface area contributed by atoms with E-state index in [1.165, 1.54) is 6.20 Å². The van der Waals surface area contributed by atoms with Crippen LogP contribution in [0.15, 0.2) is 42.7 Å². The summed E-state index contributed by atoms with van der Waals surface area (Å²) in [5, 5.41) is 10.4. The molecule has 2 aromatic heterocycles. The smallest absolute Gasteiger partial charge is 0.232 e. The number of nitrogens with zero attached hydrogens (tertiary/aromatic N) is 3. The van der Waals surface area contributed by atoms with Gasteiger partial charge in [-0.1, -0.05) is 18.2 Å². The number of para-hydroxylation sites is 1. The summed E-state index contributed by atoms with van der Waals surface area (Å²) in [6, 6.07) is 11.6. The minimum Gasteiger partial charge on any atom is -0.342 e. The number of nitriles is 1. The van der Waals surface area contributed by atoms with E-state index in [0.29, 0.717) is 22.5 Å². The fourth-order valence-corrected chi connectivity index (χ4v) is 3.34. The van der Waals surface area contributed by atoms with Gasteiger partial charge in [0.15, 0.2) is 0 Å². The number of benzene rings is 1. The molecule has 0 amide bonds. The molecule has 6 nitrogen and oxygen atoms in total. The van der Waals surface area contributed by atoms with Gasteiger partial charge in [-0.05, 0) is 19.1 Å². The normalized spacial score (nSPS) is 11.4. The van der Waals surface area contributed by atoms with Gasteiger partial charge in [-0.15, -0.1) is 0 Å². The van der Waals surface area contributed by atoms with Crippen LogP contribution in [0.1, 0.15) is 12.5 Å². The van der Waals surface area contributed by atoms with E-state index in [0.717, 1.165) is 10.9 Å². The first-order valence-corrected chi connectivity index (χ1v) is 9.05. The van der Waals surface area contributed by atoms with Crippen molar-refractivity contribution in [1.82, 2.24) is 9.55 Å². The second-order valence-electron chi connectivity index (χ2n) is 5.38. The van der Waals surface area contributed by atoms with E-state index in [1.54, 1.807) is 19.2 Å². The van der Waals surface area contributed by atoms with Crippen molar-refractivity contribution in [3.63, 3.8) is 0 Å². The molecule has 24 heavy (non-hydrogen) atoms. The van der Waals surface area contributed by atoms with Crippen molar-refractivity contribution in [2.24, 2.45) is 7.05 Å². The van der Waals surface area contributed by atoms with Crippen molar-refractivity contribution in [3.05, 3.63) is 48.3 Å². The van der Waals surface area contributed by atoms with Crippen molar-refractivity contribution < 1.29 is 8.42 Å². The van der Waals surface area contributed by atoms with Crippen LogP contribution >= 0.6 is 0 Å². The van der Waals surface area contributed by atoms with Gasteiger partial charge >= 0.3 is 0 Å². The van der Waals surface area contributed by atoms with Crippen molar-refractivity contribution >= 4 is 26.6 Å². The van der Waals surface area contributed by atoms with E-state index >= 15 is 0 Å². The van der Waals surface area contributed by atoms with Gasteiger partial charge in [-0.25, -0.2) is 8.42 Å². The van der Waals surface area contributed by atoms with Gasteiger partial charge in [0.25, 0.3) is 0 Å². The Morgan fingerprint density at radius 2 is 2.04 bits per heavy atom. The molecule has 1 aromatic carbocycles. The van der Waals surface area contributed by atoms with E-state index in [4.69, 9.17) is 0 Å². The van der Waals surface area contributed by atoms with Crippen LogP contribution in [0.4, 0.5) is 5.69 Å². The average molecular weight is 340 g/mol. The molecule has 0 saturated carbocycles. The van der Waals surface area contributed by atoms with Gasteiger partial charge in [-0.3, -0.25) is 9.71 Å². The van der Waals surface area contributed by atoms with Gasteiger partial charge in [0.05, 0.1) is 28.9 Å². The molecule has 1 N–H and O–H groups in total. The molecule has 0 fully saturated rings. The Labute approximate surface area is 140 Å². The molecule has 3 rings (SSSR count). The molecular weight excluding hydrogens is 324 g/mol. The zero-order valence-corrected chi connectivity index (χ0v) is 14.1. The van der Waals surface area contributed by atoms with Crippen LogP contribution in [-0.4, -0.2) is 23.7 Å². The summed E-state index contributed by atoms with van der Waals surface area (Å²) in [6.45, 7) is 1.57. The molecular formula is C17H16N4O2S. The number of rotatable bonds is 4. The van der Waals surface area contributed by atoms with E-state index < -0.39 is 10.0 Å². The third-order valence-corrected chi connectivity index (χ3v) is 5.19. The minimum absolute atomic E-state index is 0.0191. The van der Waals surface area contributed by atoms with Crippen LogP contribution in [0.2, 0.25) is 0 Å². The van der Waals surface area contributed by atoms with Gasteiger partial charge in [0.1, 0.15) is 6.07 Å². The predicted molar refractivity (Wildman–Crippen MR) is 93.9 cm³/mol. The number of hydrogen-bond donors (Lipinski definition) is 1. The Morgan fingerprint density at radius 1 is 1.29 bits per heavy atom. The van der Waals surface area contributed by atoms with Gasteiger partial charge < -0.3 is 4.57 Å².